The van der Waals surface area contributed by atoms with E-state index in [1.165, 1.54) is 0 Å². The van der Waals surface area contributed by atoms with E-state index in [4.69, 9.17) is 11.6 Å². The van der Waals surface area contributed by atoms with Crippen LogP contribution in [0.15, 0.2) is 23.1 Å². The minimum absolute atomic E-state index is 0.0473. The number of halogens is 2. The van der Waals surface area contributed by atoms with Gasteiger partial charge in [-0.05, 0) is 17.7 Å². The molecule has 0 heterocycles. The number of ketones is 1. The second kappa shape index (κ2) is 5.79. The minimum Gasteiger partial charge on any atom is -0.294 e. The summed E-state index contributed by atoms with van der Waals surface area (Å²) in [5.41, 5.74) is 1.76. The fourth-order valence-electron chi connectivity index (χ4n) is 1.12. The molecule has 0 N–H and O–H groups in total. The number of rotatable bonds is 4. The third-order valence-electron chi connectivity index (χ3n) is 1.84. The third kappa shape index (κ3) is 3.01. The zero-order chi connectivity index (χ0) is 10.6. The van der Waals surface area contributed by atoms with Gasteiger partial charge in [-0.15, -0.1) is 24.2 Å². The monoisotopic (exact) mass is 292 g/mol. The van der Waals surface area contributed by atoms with Crippen LogP contribution < -0.4 is 0 Å². The number of alkyl halides is 2. The van der Waals surface area contributed by atoms with Crippen LogP contribution in [0.25, 0.3) is 0 Å². The molecular weight excluding hydrogens is 284 g/mol. The van der Waals surface area contributed by atoms with Gasteiger partial charge >= 0.3 is 0 Å². The summed E-state index contributed by atoms with van der Waals surface area (Å²) in [5.74, 6) is 0.401. The predicted octanol–water partition coefficient (Wildman–Crippen LogP) is 3.68. The van der Waals surface area contributed by atoms with Gasteiger partial charge in [-0.1, -0.05) is 22.0 Å². The van der Waals surface area contributed by atoms with Gasteiger partial charge in [0.05, 0.1) is 0 Å². The van der Waals surface area contributed by atoms with Crippen molar-refractivity contribution < 1.29 is 4.79 Å². The van der Waals surface area contributed by atoms with Gasteiger partial charge in [-0.3, -0.25) is 4.79 Å². The van der Waals surface area contributed by atoms with E-state index in [-0.39, 0.29) is 5.78 Å². The van der Waals surface area contributed by atoms with Gasteiger partial charge in [0.25, 0.3) is 0 Å². The number of Topliss-reactive ketones (excluding diaryl/α,β-unsaturated/α-hetero) is 1. The first-order valence-corrected chi connectivity index (χ1v) is 6.26. The first-order valence-electron chi connectivity index (χ1n) is 4.16. The van der Waals surface area contributed by atoms with Crippen molar-refractivity contribution in [2.24, 2.45) is 0 Å². The Labute approximate surface area is 102 Å². The van der Waals surface area contributed by atoms with Crippen LogP contribution in [0.3, 0.4) is 0 Å². The largest absolute Gasteiger partial charge is 0.294 e. The van der Waals surface area contributed by atoms with E-state index in [1.807, 2.05) is 12.1 Å². The predicted molar refractivity (Wildman–Crippen MR) is 66.0 cm³/mol. The SMILES string of the molecule is O=C(CCCl)c1ccc(CBr)cc1S. The second-order valence-corrected chi connectivity index (χ2v) is 4.27. The maximum atomic E-state index is 11.5. The Bertz CT molecular complexity index is 341. The molecule has 1 aromatic carbocycles. The van der Waals surface area contributed by atoms with Crippen molar-refractivity contribution in [3.63, 3.8) is 0 Å². The molecule has 0 fully saturated rings. The molecule has 0 aliphatic carbocycles. The topological polar surface area (TPSA) is 17.1 Å². The van der Waals surface area contributed by atoms with Crippen LogP contribution in [0, 0.1) is 0 Å². The van der Waals surface area contributed by atoms with Crippen LogP contribution in [0.2, 0.25) is 0 Å². The molecule has 0 bridgehead atoms. The lowest BCUT2D eigenvalue weighted by Gasteiger charge is -2.04. The Morgan fingerprint density at radius 1 is 1.50 bits per heavy atom. The highest BCUT2D eigenvalue weighted by Gasteiger charge is 2.08. The number of hydrogen-bond acceptors (Lipinski definition) is 2. The van der Waals surface area contributed by atoms with Gasteiger partial charge in [-0.25, -0.2) is 0 Å². The highest BCUT2D eigenvalue weighted by molar-refractivity contribution is 9.08. The summed E-state index contributed by atoms with van der Waals surface area (Å²) in [6, 6.07) is 5.60. The molecule has 0 aliphatic heterocycles. The van der Waals surface area contributed by atoms with Gasteiger partial charge in [0.15, 0.2) is 5.78 Å². The van der Waals surface area contributed by atoms with Crippen LogP contribution in [-0.2, 0) is 5.33 Å². The first-order chi connectivity index (χ1) is 6.69. The van der Waals surface area contributed by atoms with Gasteiger partial charge in [0, 0.05) is 28.1 Å². The second-order valence-electron chi connectivity index (χ2n) is 2.85. The average Bonchev–Trinajstić information content (AvgIpc) is 2.17. The molecule has 0 aliphatic rings. The van der Waals surface area contributed by atoms with Gasteiger partial charge in [0.1, 0.15) is 0 Å². The molecule has 1 aromatic rings. The molecule has 0 amide bonds. The number of carbonyl (C=O) groups excluding carboxylic acids is 1. The van der Waals surface area contributed by atoms with Crippen molar-refractivity contribution in [2.75, 3.05) is 5.88 Å². The quantitative estimate of drug-likeness (QED) is 0.509. The summed E-state index contributed by atoms with van der Waals surface area (Å²) in [4.78, 5) is 12.2. The molecule has 0 saturated heterocycles. The molecule has 1 nitrogen and oxygen atoms in total. The van der Waals surface area contributed by atoms with E-state index < -0.39 is 0 Å². The number of benzene rings is 1. The van der Waals surface area contributed by atoms with Crippen LogP contribution >= 0.6 is 40.2 Å². The highest BCUT2D eigenvalue weighted by atomic mass is 79.9. The number of hydrogen-bond donors (Lipinski definition) is 1. The Balaban J connectivity index is 2.94. The molecule has 0 atom stereocenters. The lowest BCUT2D eigenvalue weighted by Crippen LogP contribution is -2.01. The fourth-order valence-corrected chi connectivity index (χ4v) is 2.00. The summed E-state index contributed by atoms with van der Waals surface area (Å²) in [6.07, 6.45) is 0.364. The lowest BCUT2D eigenvalue weighted by atomic mass is 10.1. The summed E-state index contributed by atoms with van der Waals surface area (Å²) in [6.45, 7) is 0. The van der Waals surface area contributed by atoms with Crippen LogP contribution in [-0.4, -0.2) is 11.7 Å². The minimum atomic E-state index is 0.0473. The Morgan fingerprint density at radius 3 is 2.71 bits per heavy atom. The van der Waals surface area contributed by atoms with Crippen molar-refractivity contribution in [1.29, 1.82) is 0 Å². The van der Waals surface area contributed by atoms with Crippen LogP contribution in [0.5, 0.6) is 0 Å². The molecule has 4 heteroatoms. The van der Waals surface area contributed by atoms with E-state index in [2.05, 4.69) is 28.6 Å². The molecule has 0 aromatic heterocycles. The number of carbonyl (C=O) groups is 1. The summed E-state index contributed by atoms with van der Waals surface area (Å²) in [7, 11) is 0. The maximum Gasteiger partial charge on any atom is 0.165 e. The van der Waals surface area contributed by atoms with E-state index in [0.717, 1.165) is 15.8 Å². The van der Waals surface area contributed by atoms with Gasteiger partial charge in [-0.2, -0.15) is 0 Å². The zero-order valence-corrected chi connectivity index (χ0v) is 10.7. The Morgan fingerprint density at radius 2 is 2.21 bits per heavy atom. The van der Waals surface area contributed by atoms with E-state index in [0.29, 0.717) is 17.9 Å². The first kappa shape index (κ1) is 12.1. The molecule has 76 valence electrons. The van der Waals surface area contributed by atoms with Crippen LogP contribution in [0.4, 0.5) is 0 Å². The van der Waals surface area contributed by atoms with Crippen molar-refractivity contribution in [3.05, 3.63) is 29.3 Å². The average molecular weight is 294 g/mol. The lowest BCUT2D eigenvalue weighted by molar-refractivity contribution is 0.0986. The molecule has 0 radical (unpaired) electrons. The Hall–Kier alpha value is 0.01000. The smallest absolute Gasteiger partial charge is 0.165 e. The highest BCUT2D eigenvalue weighted by Crippen LogP contribution is 2.19. The Kier molecular flexibility index (Phi) is 4.99. The number of thiol groups is 1. The van der Waals surface area contributed by atoms with Crippen molar-refractivity contribution in [3.8, 4) is 0 Å². The van der Waals surface area contributed by atoms with Crippen molar-refractivity contribution in [1.82, 2.24) is 0 Å². The van der Waals surface area contributed by atoms with Crippen molar-refractivity contribution >= 4 is 45.9 Å². The van der Waals surface area contributed by atoms with E-state index in [1.54, 1.807) is 6.07 Å². The van der Waals surface area contributed by atoms with E-state index in [9.17, 15) is 4.79 Å². The summed E-state index contributed by atoms with van der Waals surface area (Å²) < 4.78 is 0. The molecule has 14 heavy (non-hydrogen) atoms. The normalized spacial score (nSPS) is 10.2. The van der Waals surface area contributed by atoms with Crippen LogP contribution in [0.1, 0.15) is 22.3 Å². The zero-order valence-electron chi connectivity index (χ0n) is 7.46. The van der Waals surface area contributed by atoms with Crippen molar-refractivity contribution in [2.45, 2.75) is 16.6 Å². The summed E-state index contributed by atoms with van der Waals surface area (Å²) in [5, 5.41) is 0.768. The summed E-state index contributed by atoms with van der Waals surface area (Å²) >= 11 is 13.1. The molecule has 0 spiro atoms. The molecular formula is C10H10BrClOS. The van der Waals surface area contributed by atoms with E-state index >= 15 is 0 Å². The molecule has 0 unspecified atom stereocenters. The third-order valence-corrected chi connectivity index (χ3v) is 3.04. The van der Waals surface area contributed by atoms with Gasteiger partial charge in [0.2, 0.25) is 0 Å². The fraction of sp³-hybridized carbons (Fsp3) is 0.300. The standard InChI is InChI=1S/C10H10BrClOS/c11-6-7-1-2-8(10(14)5-7)9(13)3-4-12/h1-2,5,14H,3-4,6H2. The molecule has 1 rings (SSSR count). The molecule has 0 saturated carbocycles. The van der Waals surface area contributed by atoms with Gasteiger partial charge < -0.3 is 0 Å². The maximum absolute atomic E-state index is 11.5.